The third-order valence-corrected chi connectivity index (χ3v) is 3.00. The first-order valence-corrected chi connectivity index (χ1v) is 6.56. The van der Waals surface area contributed by atoms with Crippen LogP contribution in [0.1, 0.15) is 31.0 Å². The van der Waals surface area contributed by atoms with Gasteiger partial charge in [-0.3, -0.25) is 0 Å². The lowest BCUT2D eigenvalue weighted by atomic mass is 10.2. The van der Waals surface area contributed by atoms with Crippen molar-refractivity contribution in [3.8, 4) is 17.2 Å². The van der Waals surface area contributed by atoms with E-state index in [-0.39, 0.29) is 11.1 Å². The lowest BCUT2D eigenvalue weighted by Gasteiger charge is -2.03. The van der Waals surface area contributed by atoms with Crippen molar-refractivity contribution >= 4 is 11.6 Å². The van der Waals surface area contributed by atoms with Crippen LogP contribution in [0, 0.1) is 0 Å². The summed E-state index contributed by atoms with van der Waals surface area (Å²) in [5.74, 6) is 0.798. The molecule has 0 saturated carbocycles. The first kappa shape index (κ1) is 14.7. The summed E-state index contributed by atoms with van der Waals surface area (Å²) >= 11 is 6.10. The molecule has 0 fully saturated rings. The first-order valence-electron chi connectivity index (χ1n) is 6.13. The number of alkyl halides is 3. The Balaban J connectivity index is 2.11. The number of hydrogen-bond donors (Lipinski definition) is 0. The highest BCUT2D eigenvalue weighted by Gasteiger charge is 2.16. The van der Waals surface area contributed by atoms with E-state index in [1.54, 1.807) is 12.1 Å². The molecule has 0 aliphatic rings. The molecular weight excluding hydrogens is 290 g/mol. The summed E-state index contributed by atoms with van der Waals surface area (Å²) in [7, 11) is 0. The molecule has 20 heavy (non-hydrogen) atoms. The molecular formula is C13H13ClF2N2O2. The fraction of sp³-hybridized carbons (Fsp3) is 0.385. The summed E-state index contributed by atoms with van der Waals surface area (Å²) in [5.41, 5.74) is 0.616. The smallest absolute Gasteiger partial charge is 0.387 e. The number of aromatic nitrogens is 2. The maximum Gasteiger partial charge on any atom is 0.387 e. The minimum atomic E-state index is -2.85. The van der Waals surface area contributed by atoms with Crippen LogP contribution in [0.2, 0.25) is 0 Å². The predicted molar refractivity (Wildman–Crippen MR) is 69.9 cm³/mol. The maximum absolute atomic E-state index is 12.0. The Hall–Kier alpha value is -1.69. The van der Waals surface area contributed by atoms with Crippen molar-refractivity contribution in [1.29, 1.82) is 0 Å². The van der Waals surface area contributed by atoms with Crippen LogP contribution in [0.4, 0.5) is 8.78 Å². The molecule has 4 nitrogen and oxygen atoms in total. The molecule has 7 heteroatoms. The third-order valence-electron chi connectivity index (χ3n) is 2.59. The van der Waals surface area contributed by atoms with E-state index in [0.29, 0.717) is 17.3 Å². The van der Waals surface area contributed by atoms with E-state index in [1.165, 1.54) is 12.1 Å². The Labute approximate surface area is 119 Å². The van der Waals surface area contributed by atoms with Crippen molar-refractivity contribution in [3.05, 3.63) is 30.1 Å². The minimum absolute atomic E-state index is 0.0738. The Morgan fingerprint density at radius 1 is 1.30 bits per heavy atom. The summed E-state index contributed by atoms with van der Waals surface area (Å²) in [5, 5.41) is 3.52. The van der Waals surface area contributed by atoms with Gasteiger partial charge in [0.25, 0.3) is 5.89 Å². The van der Waals surface area contributed by atoms with Crippen LogP contribution in [0.3, 0.4) is 0 Å². The van der Waals surface area contributed by atoms with E-state index in [1.807, 2.05) is 6.92 Å². The molecule has 0 spiro atoms. The zero-order valence-electron chi connectivity index (χ0n) is 10.7. The molecule has 0 radical (unpaired) electrons. The molecule has 0 bridgehead atoms. The molecule has 0 aliphatic heterocycles. The second kappa shape index (κ2) is 6.65. The largest absolute Gasteiger partial charge is 0.435 e. The Bertz CT molecular complexity index is 546. The zero-order valence-corrected chi connectivity index (χ0v) is 11.5. The minimum Gasteiger partial charge on any atom is -0.435 e. The number of nitrogens with zero attached hydrogens (tertiary/aromatic N) is 2. The molecule has 108 valence electrons. The Morgan fingerprint density at radius 3 is 2.60 bits per heavy atom. The van der Waals surface area contributed by atoms with Gasteiger partial charge in [0.2, 0.25) is 0 Å². The van der Waals surface area contributed by atoms with Crippen LogP contribution in [-0.4, -0.2) is 16.8 Å². The number of hydrogen-bond acceptors (Lipinski definition) is 4. The third kappa shape index (κ3) is 3.66. The van der Waals surface area contributed by atoms with Crippen molar-refractivity contribution in [3.63, 3.8) is 0 Å². The van der Waals surface area contributed by atoms with Crippen LogP contribution < -0.4 is 4.74 Å². The van der Waals surface area contributed by atoms with Crippen LogP contribution in [-0.2, 0) is 0 Å². The molecule has 0 N–H and O–H groups in total. The van der Waals surface area contributed by atoms with Crippen molar-refractivity contribution in [2.24, 2.45) is 0 Å². The molecule has 2 rings (SSSR count). The van der Waals surface area contributed by atoms with Gasteiger partial charge in [0.05, 0.1) is 5.38 Å². The average molecular weight is 303 g/mol. The van der Waals surface area contributed by atoms with E-state index in [0.717, 1.165) is 12.8 Å². The van der Waals surface area contributed by atoms with Crippen molar-refractivity contribution < 1.29 is 18.0 Å². The highest BCUT2D eigenvalue weighted by Crippen LogP contribution is 2.27. The number of rotatable bonds is 6. The number of halogens is 3. The average Bonchev–Trinajstić information content (AvgIpc) is 2.89. The van der Waals surface area contributed by atoms with Crippen LogP contribution in [0.5, 0.6) is 5.75 Å². The second-order valence-corrected chi connectivity index (χ2v) is 4.64. The summed E-state index contributed by atoms with van der Waals surface area (Å²) in [6.45, 7) is -0.833. The molecule has 1 heterocycles. The predicted octanol–water partition coefficient (Wildman–Crippen LogP) is 4.42. The van der Waals surface area contributed by atoms with Gasteiger partial charge in [0.1, 0.15) is 5.75 Å². The normalized spacial score (nSPS) is 12.7. The molecule has 0 amide bonds. The SMILES string of the molecule is CCCC(Cl)c1noc(-c2ccc(OC(F)F)cc2)n1. The summed E-state index contributed by atoms with van der Waals surface area (Å²) in [4.78, 5) is 4.19. The van der Waals surface area contributed by atoms with Crippen molar-refractivity contribution in [1.82, 2.24) is 10.1 Å². The highest BCUT2D eigenvalue weighted by molar-refractivity contribution is 6.20. The van der Waals surface area contributed by atoms with E-state index < -0.39 is 6.61 Å². The van der Waals surface area contributed by atoms with Gasteiger partial charge in [-0.05, 0) is 30.7 Å². The zero-order chi connectivity index (χ0) is 14.5. The molecule has 1 aromatic heterocycles. The van der Waals surface area contributed by atoms with Crippen molar-refractivity contribution in [2.45, 2.75) is 31.8 Å². The summed E-state index contributed by atoms with van der Waals surface area (Å²) in [6, 6.07) is 5.96. The topological polar surface area (TPSA) is 48.2 Å². The van der Waals surface area contributed by atoms with Gasteiger partial charge in [-0.25, -0.2) is 0 Å². The first-order chi connectivity index (χ1) is 9.60. The monoisotopic (exact) mass is 302 g/mol. The number of benzene rings is 1. The Morgan fingerprint density at radius 2 is 2.00 bits per heavy atom. The highest BCUT2D eigenvalue weighted by atomic mass is 35.5. The molecule has 1 atom stereocenters. The molecule has 1 unspecified atom stereocenters. The van der Waals surface area contributed by atoms with Gasteiger partial charge in [0, 0.05) is 5.56 Å². The van der Waals surface area contributed by atoms with Crippen LogP contribution in [0.25, 0.3) is 11.5 Å². The Kier molecular flexibility index (Phi) is 4.89. The molecule has 1 aromatic carbocycles. The van der Waals surface area contributed by atoms with Crippen LogP contribution in [0.15, 0.2) is 28.8 Å². The fourth-order valence-electron chi connectivity index (χ4n) is 1.64. The fourth-order valence-corrected chi connectivity index (χ4v) is 1.95. The van der Waals surface area contributed by atoms with E-state index in [2.05, 4.69) is 14.9 Å². The summed E-state index contributed by atoms with van der Waals surface area (Å²) < 4.78 is 33.4. The van der Waals surface area contributed by atoms with Gasteiger partial charge < -0.3 is 9.26 Å². The quantitative estimate of drug-likeness (QED) is 0.741. The lowest BCUT2D eigenvalue weighted by molar-refractivity contribution is -0.0498. The van der Waals surface area contributed by atoms with Gasteiger partial charge in [-0.2, -0.15) is 13.8 Å². The van der Waals surface area contributed by atoms with Gasteiger partial charge in [-0.1, -0.05) is 18.5 Å². The summed E-state index contributed by atoms with van der Waals surface area (Å²) in [6.07, 6.45) is 1.67. The van der Waals surface area contributed by atoms with Crippen molar-refractivity contribution in [2.75, 3.05) is 0 Å². The molecule has 0 saturated heterocycles. The van der Waals surface area contributed by atoms with E-state index in [4.69, 9.17) is 16.1 Å². The lowest BCUT2D eigenvalue weighted by Crippen LogP contribution is -2.01. The second-order valence-electron chi connectivity index (χ2n) is 4.12. The van der Waals surface area contributed by atoms with Gasteiger partial charge in [0.15, 0.2) is 5.82 Å². The van der Waals surface area contributed by atoms with E-state index in [9.17, 15) is 8.78 Å². The standard InChI is InChI=1S/C13H13ClF2N2O2/c1-2-3-10(14)11-17-12(20-18-11)8-4-6-9(7-5-8)19-13(15)16/h4-7,10,13H,2-3H2,1H3. The van der Waals surface area contributed by atoms with Gasteiger partial charge in [-0.15, -0.1) is 11.6 Å². The maximum atomic E-state index is 12.0. The van der Waals surface area contributed by atoms with E-state index >= 15 is 0 Å². The molecule has 2 aromatic rings. The van der Waals surface area contributed by atoms with Crippen LogP contribution >= 0.6 is 11.6 Å². The molecule has 0 aliphatic carbocycles. The number of ether oxygens (including phenoxy) is 1. The van der Waals surface area contributed by atoms with Gasteiger partial charge >= 0.3 is 6.61 Å².